The van der Waals surface area contributed by atoms with Crippen LogP contribution in [-0.2, 0) is 30.1 Å². The molecule has 1 nitrogen and oxygen atoms in total. The Morgan fingerprint density at radius 3 is 1.86 bits per heavy atom. The van der Waals surface area contributed by atoms with Crippen LogP contribution in [0.4, 0.5) is 35.1 Å². The zero-order valence-electron chi connectivity index (χ0n) is 15.4. The van der Waals surface area contributed by atoms with Crippen LogP contribution >= 0.6 is 0 Å². The number of rotatable bonds is 8. The molecule has 0 aromatic heterocycles. The van der Waals surface area contributed by atoms with E-state index in [2.05, 4.69) is 4.74 Å². The van der Waals surface area contributed by atoms with Gasteiger partial charge in [-0.3, -0.25) is 0 Å². The van der Waals surface area contributed by atoms with E-state index in [9.17, 15) is 35.1 Å². The number of hydrogen-bond donors (Lipinski definition) is 0. The molecule has 2 rings (SSSR count). The number of halogens is 8. The van der Waals surface area contributed by atoms with E-state index in [1.165, 1.54) is 12.1 Å². The summed E-state index contributed by atoms with van der Waals surface area (Å²) in [6, 6.07) is 4.43. The number of hydrogen-bond acceptors (Lipinski definition) is 1. The van der Waals surface area contributed by atoms with E-state index < -0.39 is 35.5 Å². The number of ether oxygens (including phenoxy) is 1. The van der Waals surface area contributed by atoms with Gasteiger partial charge in [0, 0.05) is 5.56 Å². The zero-order valence-corrected chi connectivity index (χ0v) is 15.4. The third-order valence-electron chi connectivity index (χ3n) is 4.27. The van der Waals surface area contributed by atoms with Crippen LogP contribution in [0.3, 0.4) is 0 Å². The number of benzene rings is 2. The quantitative estimate of drug-likeness (QED) is 0.421. The molecule has 160 valence electrons. The lowest BCUT2D eigenvalue weighted by Gasteiger charge is -2.19. The van der Waals surface area contributed by atoms with Crippen molar-refractivity contribution in [2.75, 3.05) is 0 Å². The van der Waals surface area contributed by atoms with Crippen molar-refractivity contribution < 1.29 is 39.9 Å². The fourth-order valence-electron chi connectivity index (χ4n) is 2.84. The van der Waals surface area contributed by atoms with E-state index in [1.54, 1.807) is 0 Å². The van der Waals surface area contributed by atoms with Crippen molar-refractivity contribution in [1.82, 2.24) is 0 Å². The molecule has 0 amide bonds. The Balaban J connectivity index is 2.13. The van der Waals surface area contributed by atoms with Crippen molar-refractivity contribution in [2.24, 2.45) is 0 Å². The highest BCUT2D eigenvalue weighted by Gasteiger charge is 2.47. The van der Waals surface area contributed by atoms with E-state index in [0.29, 0.717) is 24.1 Å². The average molecular weight is 426 g/mol. The molecule has 2 aromatic carbocycles. The van der Waals surface area contributed by atoms with Gasteiger partial charge in [0.15, 0.2) is 0 Å². The van der Waals surface area contributed by atoms with Crippen LogP contribution in [0.1, 0.15) is 42.0 Å². The van der Waals surface area contributed by atoms with Crippen molar-refractivity contribution in [1.29, 1.82) is 0 Å². The van der Waals surface area contributed by atoms with Gasteiger partial charge >= 0.3 is 12.5 Å². The van der Waals surface area contributed by atoms with Gasteiger partial charge in [-0.05, 0) is 61.1 Å². The van der Waals surface area contributed by atoms with Crippen LogP contribution in [-0.4, -0.2) is 6.36 Å². The summed E-state index contributed by atoms with van der Waals surface area (Å²) in [5.74, 6) is -3.15. The first-order chi connectivity index (χ1) is 13.4. The second-order valence-electron chi connectivity index (χ2n) is 6.52. The minimum absolute atomic E-state index is 0.0860. The molecule has 0 aliphatic rings. The molecule has 0 bridgehead atoms. The van der Waals surface area contributed by atoms with E-state index >= 15 is 0 Å². The number of unbranched alkanes of at least 4 members (excludes halogenated alkanes) is 1. The van der Waals surface area contributed by atoms with Gasteiger partial charge in [0.05, 0.1) is 5.56 Å². The molecular formula is C20H18F8O. The fourth-order valence-corrected chi connectivity index (χ4v) is 2.84. The first-order valence-electron chi connectivity index (χ1n) is 8.83. The predicted octanol–water partition coefficient (Wildman–Crippen LogP) is 6.82. The van der Waals surface area contributed by atoms with Crippen LogP contribution in [0.5, 0.6) is 0 Å². The summed E-state index contributed by atoms with van der Waals surface area (Å²) in [4.78, 5) is 0. The number of alkyl halides is 5. The van der Waals surface area contributed by atoms with Gasteiger partial charge in [0.25, 0.3) is 0 Å². The summed E-state index contributed by atoms with van der Waals surface area (Å²) in [6.45, 7) is 1.94. The highest BCUT2D eigenvalue weighted by atomic mass is 19.4. The normalized spacial score (nSPS) is 12.4. The molecule has 0 unspecified atom stereocenters. The molecule has 0 saturated heterocycles. The van der Waals surface area contributed by atoms with Crippen LogP contribution < -0.4 is 0 Å². The summed E-state index contributed by atoms with van der Waals surface area (Å²) >= 11 is 0. The smallest absolute Gasteiger partial charge is 0.222 e. The lowest BCUT2D eigenvalue weighted by atomic mass is 9.99. The monoisotopic (exact) mass is 426 g/mol. The van der Waals surface area contributed by atoms with Crippen LogP contribution in [0, 0.1) is 17.5 Å². The molecule has 0 N–H and O–H groups in total. The first kappa shape index (κ1) is 23.1. The Morgan fingerprint density at radius 2 is 1.34 bits per heavy atom. The molecule has 0 spiro atoms. The number of aryl methyl sites for hydroxylation is 2. The van der Waals surface area contributed by atoms with E-state index in [1.807, 2.05) is 6.92 Å². The molecule has 2 aromatic rings. The van der Waals surface area contributed by atoms with Crippen LogP contribution in [0.25, 0.3) is 0 Å². The largest absolute Gasteiger partial charge is 0.527 e. The van der Waals surface area contributed by atoms with Gasteiger partial charge in [0.1, 0.15) is 17.5 Å². The Hall–Kier alpha value is -2.16. The maximum atomic E-state index is 14.2. The maximum absolute atomic E-state index is 14.2. The van der Waals surface area contributed by atoms with Crippen molar-refractivity contribution in [3.05, 3.63) is 70.0 Å². The molecule has 0 heterocycles. The van der Waals surface area contributed by atoms with Gasteiger partial charge in [0.2, 0.25) is 0 Å². The summed E-state index contributed by atoms with van der Waals surface area (Å²) < 4.78 is 108. The van der Waals surface area contributed by atoms with Gasteiger partial charge in [-0.15, -0.1) is 13.2 Å². The summed E-state index contributed by atoms with van der Waals surface area (Å²) in [7, 11) is 0. The lowest BCUT2D eigenvalue weighted by Crippen LogP contribution is -2.28. The van der Waals surface area contributed by atoms with Crippen LogP contribution in [0.2, 0.25) is 0 Å². The topological polar surface area (TPSA) is 9.23 Å². The molecule has 0 saturated carbocycles. The molecule has 0 atom stereocenters. The summed E-state index contributed by atoms with van der Waals surface area (Å²) in [5.41, 5.74) is -1.23. The zero-order chi connectivity index (χ0) is 21.8. The van der Waals surface area contributed by atoms with Crippen molar-refractivity contribution in [2.45, 2.75) is 51.5 Å². The summed E-state index contributed by atoms with van der Waals surface area (Å²) in [6.07, 6.45) is -8.71. The van der Waals surface area contributed by atoms with Gasteiger partial charge < -0.3 is 0 Å². The molecule has 0 fully saturated rings. The van der Waals surface area contributed by atoms with E-state index in [4.69, 9.17) is 0 Å². The predicted molar refractivity (Wildman–Crippen MR) is 89.8 cm³/mol. The van der Waals surface area contributed by atoms with E-state index in [0.717, 1.165) is 18.9 Å². The second-order valence-corrected chi connectivity index (χ2v) is 6.52. The summed E-state index contributed by atoms with van der Waals surface area (Å²) in [5, 5.41) is 0. The van der Waals surface area contributed by atoms with Crippen LogP contribution in [0.15, 0.2) is 30.3 Å². The lowest BCUT2D eigenvalue weighted by molar-refractivity contribution is -0.432. The molecule has 0 aliphatic heterocycles. The van der Waals surface area contributed by atoms with Crippen molar-refractivity contribution in [3.8, 4) is 0 Å². The Bertz CT molecular complexity index is 822. The highest BCUT2D eigenvalue weighted by Crippen LogP contribution is 2.37. The van der Waals surface area contributed by atoms with E-state index in [-0.39, 0.29) is 24.0 Å². The standard InChI is InChI=1S/C20H18F8O/c1-2-3-4-13-10-16(21)14(17(22)11-13)7-5-12-6-8-15(18(23)9-12)19(24,25)29-20(26,27)28/h6,8-11H,2-5,7H2,1H3. The highest BCUT2D eigenvalue weighted by molar-refractivity contribution is 5.30. The second kappa shape index (κ2) is 9.11. The molecule has 9 heteroatoms. The molecule has 0 radical (unpaired) electrons. The van der Waals surface area contributed by atoms with Crippen molar-refractivity contribution in [3.63, 3.8) is 0 Å². The third-order valence-corrected chi connectivity index (χ3v) is 4.27. The Labute approximate surface area is 162 Å². The van der Waals surface area contributed by atoms with Gasteiger partial charge in [-0.2, -0.15) is 8.78 Å². The molecule has 29 heavy (non-hydrogen) atoms. The minimum Gasteiger partial charge on any atom is -0.222 e. The van der Waals surface area contributed by atoms with Gasteiger partial charge in [-0.1, -0.05) is 19.4 Å². The maximum Gasteiger partial charge on any atom is 0.527 e. The molecule has 0 aliphatic carbocycles. The molecular weight excluding hydrogens is 408 g/mol. The third kappa shape index (κ3) is 6.42. The van der Waals surface area contributed by atoms with Gasteiger partial charge in [-0.25, -0.2) is 17.9 Å². The average Bonchev–Trinajstić information content (AvgIpc) is 2.57. The fraction of sp³-hybridized carbons (Fsp3) is 0.400. The minimum atomic E-state index is -5.66. The Kier molecular flexibility index (Phi) is 7.26. The first-order valence-corrected chi connectivity index (χ1v) is 8.83. The van der Waals surface area contributed by atoms with Crippen molar-refractivity contribution >= 4 is 0 Å². The Morgan fingerprint density at radius 1 is 0.759 bits per heavy atom. The SMILES string of the molecule is CCCCc1cc(F)c(CCc2ccc(C(F)(F)OC(F)(F)F)c(F)c2)c(F)c1.